The van der Waals surface area contributed by atoms with Gasteiger partial charge in [-0.1, -0.05) is 0 Å². The molecular formula is C10H8O5. The van der Waals surface area contributed by atoms with Gasteiger partial charge >= 0.3 is 12.1 Å². The summed E-state index contributed by atoms with van der Waals surface area (Å²) in [5.41, 5.74) is -0.0133. The SMILES string of the molecule is O=c1ccc2cc(OC(O)O)ccc2o1. The Bertz CT molecular complexity index is 529. The van der Waals surface area contributed by atoms with Crippen LogP contribution in [-0.2, 0) is 0 Å². The number of fused-ring (bicyclic) bond motifs is 1. The molecule has 0 amide bonds. The van der Waals surface area contributed by atoms with Crippen molar-refractivity contribution in [1.29, 1.82) is 0 Å². The second-order valence-corrected chi connectivity index (χ2v) is 2.90. The molecule has 0 aliphatic heterocycles. The van der Waals surface area contributed by atoms with Crippen molar-refractivity contribution in [2.75, 3.05) is 0 Å². The number of ether oxygens (including phenoxy) is 1. The number of aliphatic hydroxyl groups excluding tert-OH is 1. The van der Waals surface area contributed by atoms with Crippen LogP contribution in [0.25, 0.3) is 11.0 Å². The third-order valence-corrected chi connectivity index (χ3v) is 1.83. The van der Waals surface area contributed by atoms with Gasteiger partial charge in [0.15, 0.2) is 0 Å². The average Bonchev–Trinajstić information content (AvgIpc) is 2.17. The van der Waals surface area contributed by atoms with Crippen molar-refractivity contribution in [2.45, 2.75) is 6.48 Å². The van der Waals surface area contributed by atoms with Gasteiger partial charge in [-0.15, -0.1) is 0 Å². The Hall–Kier alpha value is -1.85. The van der Waals surface area contributed by atoms with Gasteiger partial charge in [-0.3, -0.25) is 0 Å². The Kier molecular flexibility index (Phi) is 2.40. The van der Waals surface area contributed by atoms with Crippen LogP contribution < -0.4 is 10.4 Å². The van der Waals surface area contributed by atoms with Crippen molar-refractivity contribution in [3.05, 3.63) is 40.8 Å². The molecule has 2 N–H and O–H groups in total. The first-order valence-corrected chi connectivity index (χ1v) is 4.22. The summed E-state index contributed by atoms with van der Waals surface area (Å²) in [6.07, 6.45) is 0. The highest BCUT2D eigenvalue weighted by Gasteiger charge is 2.02. The first-order chi connectivity index (χ1) is 7.15. The molecule has 15 heavy (non-hydrogen) atoms. The van der Waals surface area contributed by atoms with Crippen molar-refractivity contribution in [1.82, 2.24) is 0 Å². The number of hydrogen-bond donors (Lipinski definition) is 2. The summed E-state index contributed by atoms with van der Waals surface area (Å²) in [5.74, 6) is 0.284. The Morgan fingerprint density at radius 3 is 2.73 bits per heavy atom. The van der Waals surface area contributed by atoms with Crippen LogP contribution in [0, 0.1) is 0 Å². The quantitative estimate of drug-likeness (QED) is 0.553. The monoisotopic (exact) mass is 208 g/mol. The summed E-state index contributed by atoms with van der Waals surface area (Å²) in [6.45, 7) is -1.86. The zero-order valence-electron chi connectivity index (χ0n) is 7.58. The topological polar surface area (TPSA) is 79.9 Å². The lowest BCUT2D eigenvalue weighted by Gasteiger charge is -2.07. The highest BCUT2D eigenvalue weighted by molar-refractivity contribution is 5.77. The van der Waals surface area contributed by atoms with Crippen molar-refractivity contribution in [3.8, 4) is 5.75 Å². The Morgan fingerprint density at radius 1 is 1.20 bits per heavy atom. The van der Waals surface area contributed by atoms with Gasteiger partial charge in [0, 0.05) is 11.5 Å². The van der Waals surface area contributed by atoms with E-state index < -0.39 is 12.1 Å². The molecule has 5 nitrogen and oxygen atoms in total. The van der Waals surface area contributed by atoms with Crippen molar-refractivity contribution >= 4 is 11.0 Å². The molecular weight excluding hydrogens is 200 g/mol. The van der Waals surface area contributed by atoms with E-state index in [0.717, 1.165) is 0 Å². The summed E-state index contributed by atoms with van der Waals surface area (Å²) in [6, 6.07) is 7.39. The van der Waals surface area contributed by atoms with Gasteiger partial charge in [0.25, 0.3) is 0 Å². The molecule has 1 heterocycles. The van der Waals surface area contributed by atoms with Crippen LogP contribution >= 0.6 is 0 Å². The molecule has 0 bridgehead atoms. The first-order valence-electron chi connectivity index (χ1n) is 4.22. The highest BCUT2D eigenvalue weighted by Crippen LogP contribution is 2.19. The van der Waals surface area contributed by atoms with E-state index in [4.69, 9.17) is 14.6 Å². The van der Waals surface area contributed by atoms with Crippen LogP contribution in [0.1, 0.15) is 0 Å². The molecule has 0 unspecified atom stereocenters. The van der Waals surface area contributed by atoms with Crippen molar-refractivity contribution < 1.29 is 19.4 Å². The maximum atomic E-state index is 10.9. The standard InChI is InChI=1S/C10H8O5/c11-9-4-1-6-5-7(14-10(12)13)2-3-8(6)15-9/h1-5,10,12-13H. The van der Waals surface area contributed by atoms with Crippen LogP contribution in [0.4, 0.5) is 0 Å². The smallest absolute Gasteiger partial charge is 0.336 e. The predicted molar refractivity (Wildman–Crippen MR) is 51.3 cm³/mol. The van der Waals surface area contributed by atoms with Crippen molar-refractivity contribution in [2.24, 2.45) is 0 Å². The van der Waals surface area contributed by atoms with Gasteiger partial charge in [0.2, 0.25) is 0 Å². The van der Waals surface area contributed by atoms with Gasteiger partial charge in [-0.05, 0) is 24.3 Å². The number of aliphatic hydroxyl groups is 2. The van der Waals surface area contributed by atoms with Gasteiger partial charge in [-0.25, -0.2) is 4.79 Å². The van der Waals surface area contributed by atoms with Crippen LogP contribution in [0.5, 0.6) is 5.75 Å². The van der Waals surface area contributed by atoms with Gasteiger partial charge < -0.3 is 19.4 Å². The molecule has 2 aromatic rings. The summed E-state index contributed by atoms with van der Waals surface area (Å²) in [7, 11) is 0. The minimum atomic E-state index is -1.86. The van der Waals surface area contributed by atoms with Crippen LogP contribution in [0.2, 0.25) is 0 Å². The maximum Gasteiger partial charge on any atom is 0.336 e. The van der Waals surface area contributed by atoms with E-state index in [0.29, 0.717) is 11.0 Å². The molecule has 0 saturated carbocycles. The molecule has 0 spiro atoms. The lowest BCUT2D eigenvalue weighted by atomic mass is 10.2. The molecule has 0 aliphatic rings. The van der Waals surface area contributed by atoms with Gasteiger partial charge in [-0.2, -0.15) is 0 Å². The average molecular weight is 208 g/mol. The van der Waals surface area contributed by atoms with Crippen molar-refractivity contribution in [3.63, 3.8) is 0 Å². The number of benzene rings is 1. The Balaban J connectivity index is 2.47. The maximum absolute atomic E-state index is 10.9. The molecule has 78 valence electrons. The Labute approximate surface area is 84.1 Å². The molecule has 1 aromatic carbocycles. The second-order valence-electron chi connectivity index (χ2n) is 2.90. The zero-order chi connectivity index (χ0) is 10.8. The minimum Gasteiger partial charge on any atom is -0.442 e. The summed E-state index contributed by atoms with van der Waals surface area (Å²) in [5, 5.41) is 17.8. The number of hydrogen-bond acceptors (Lipinski definition) is 5. The molecule has 1 aromatic heterocycles. The normalized spacial score (nSPS) is 10.9. The number of rotatable bonds is 2. The van der Waals surface area contributed by atoms with Crippen LogP contribution in [-0.4, -0.2) is 16.7 Å². The summed E-state index contributed by atoms with van der Waals surface area (Å²) < 4.78 is 9.53. The minimum absolute atomic E-state index is 0.284. The molecule has 0 aliphatic carbocycles. The van der Waals surface area contributed by atoms with Crippen LogP contribution in [0.15, 0.2) is 39.5 Å². The van der Waals surface area contributed by atoms with E-state index in [2.05, 4.69) is 4.74 Å². The fourth-order valence-corrected chi connectivity index (χ4v) is 1.24. The van der Waals surface area contributed by atoms with Gasteiger partial charge in [0.1, 0.15) is 11.3 Å². The lowest BCUT2D eigenvalue weighted by molar-refractivity contribution is -0.179. The van der Waals surface area contributed by atoms with E-state index in [1.54, 1.807) is 6.07 Å². The molecule has 2 rings (SSSR count). The van der Waals surface area contributed by atoms with E-state index >= 15 is 0 Å². The third-order valence-electron chi connectivity index (χ3n) is 1.83. The third kappa shape index (κ3) is 2.15. The molecule has 0 fully saturated rings. The first kappa shape index (κ1) is 9.70. The summed E-state index contributed by atoms with van der Waals surface area (Å²) >= 11 is 0. The highest BCUT2D eigenvalue weighted by atomic mass is 16.7. The molecule has 5 heteroatoms. The van der Waals surface area contributed by atoms with Gasteiger partial charge in [0.05, 0.1) is 0 Å². The van der Waals surface area contributed by atoms with E-state index in [1.165, 1.54) is 24.3 Å². The molecule has 0 atom stereocenters. The molecule has 0 radical (unpaired) electrons. The van der Waals surface area contributed by atoms with Crippen LogP contribution in [0.3, 0.4) is 0 Å². The van der Waals surface area contributed by atoms with E-state index in [-0.39, 0.29) is 5.75 Å². The fraction of sp³-hybridized carbons (Fsp3) is 0.100. The largest absolute Gasteiger partial charge is 0.442 e. The summed E-state index contributed by atoms with van der Waals surface area (Å²) in [4.78, 5) is 10.9. The molecule has 0 saturated heterocycles. The second kappa shape index (κ2) is 3.72. The van der Waals surface area contributed by atoms with E-state index in [9.17, 15) is 4.79 Å². The predicted octanol–water partition coefficient (Wildman–Crippen LogP) is 0.440. The Morgan fingerprint density at radius 2 is 2.00 bits per heavy atom. The van der Waals surface area contributed by atoms with E-state index in [1.807, 2.05) is 0 Å². The zero-order valence-corrected chi connectivity index (χ0v) is 7.58. The lowest BCUT2D eigenvalue weighted by Crippen LogP contribution is -2.13. The fourth-order valence-electron chi connectivity index (χ4n) is 1.24.